The zero-order valence-electron chi connectivity index (χ0n) is 13.9. The van der Waals surface area contributed by atoms with Crippen molar-refractivity contribution in [1.29, 1.82) is 0 Å². The molecule has 0 heterocycles. The Morgan fingerprint density at radius 1 is 0.958 bits per heavy atom. The lowest BCUT2D eigenvalue weighted by Gasteiger charge is -2.21. The van der Waals surface area contributed by atoms with E-state index in [1.807, 2.05) is 67.6 Å². The van der Waals surface area contributed by atoms with Gasteiger partial charge in [0.25, 0.3) is 0 Å². The molecule has 0 radical (unpaired) electrons. The quantitative estimate of drug-likeness (QED) is 0.783. The molecule has 0 unspecified atom stereocenters. The van der Waals surface area contributed by atoms with E-state index in [0.717, 1.165) is 24.0 Å². The summed E-state index contributed by atoms with van der Waals surface area (Å²) in [6, 6.07) is 18.5. The number of hydrogen-bond donors (Lipinski definition) is 2. The van der Waals surface area contributed by atoms with Gasteiger partial charge in [-0.05, 0) is 17.5 Å². The first-order valence-corrected chi connectivity index (χ1v) is 8.33. The first-order chi connectivity index (χ1) is 11.6. The van der Waals surface area contributed by atoms with Crippen molar-refractivity contribution >= 4 is 11.8 Å². The molecule has 0 aromatic heterocycles. The predicted molar refractivity (Wildman–Crippen MR) is 95.4 cm³/mol. The van der Waals surface area contributed by atoms with Crippen molar-refractivity contribution in [2.45, 2.75) is 38.1 Å². The van der Waals surface area contributed by atoms with Gasteiger partial charge in [-0.3, -0.25) is 9.59 Å². The molecule has 24 heavy (non-hydrogen) atoms. The SMILES string of the molecule is CCCC[C@@H](NC(=O)C(c1ccccc1)c1ccccc1)C(N)=O. The van der Waals surface area contributed by atoms with Gasteiger partial charge in [0.2, 0.25) is 11.8 Å². The van der Waals surface area contributed by atoms with E-state index >= 15 is 0 Å². The highest BCUT2D eigenvalue weighted by molar-refractivity contribution is 5.91. The van der Waals surface area contributed by atoms with E-state index in [0.29, 0.717) is 6.42 Å². The topological polar surface area (TPSA) is 72.2 Å². The van der Waals surface area contributed by atoms with E-state index in [-0.39, 0.29) is 5.91 Å². The molecule has 3 N–H and O–H groups in total. The molecule has 0 saturated heterocycles. The third-order valence-electron chi connectivity index (χ3n) is 4.03. The molecule has 4 heteroatoms. The minimum atomic E-state index is -0.632. The minimum Gasteiger partial charge on any atom is -0.368 e. The van der Waals surface area contributed by atoms with Crippen molar-refractivity contribution in [2.75, 3.05) is 0 Å². The Kier molecular flexibility index (Phi) is 6.55. The highest BCUT2D eigenvalue weighted by atomic mass is 16.2. The zero-order chi connectivity index (χ0) is 17.4. The number of carbonyl (C=O) groups is 2. The second-order valence-corrected chi connectivity index (χ2v) is 5.86. The summed E-state index contributed by atoms with van der Waals surface area (Å²) < 4.78 is 0. The molecule has 2 amide bonds. The van der Waals surface area contributed by atoms with Gasteiger partial charge in [-0.25, -0.2) is 0 Å². The molecule has 2 rings (SSSR count). The van der Waals surface area contributed by atoms with Crippen molar-refractivity contribution in [1.82, 2.24) is 5.32 Å². The normalized spacial score (nSPS) is 11.9. The molecule has 0 saturated carbocycles. The van der Waals surface area contributed by atoms with Crippen LogP contribution in [0.5, 0.6) is 0 Å². The third-order valence-corrected chi connectivity index (χ3v) is 4.03. The van der Waals surface area contributed by atoms with Crippen LogP contribution in [-0.4, -0.2) is 17.9 Å². The molecule has 0 aliphatic rings. The van der Waals surface area contributed by atoms with Crippen LogP contribution in [0.4, 0.5) is 0 Å². The average molecular weight is 324 g/mol. The van der Waals surface area contributed by atoms with E-state index in [1.54, 1.807) is 0 Å². The molecular formula is C20H24N2O2. The number of carbonyl (C=O) groups excluding carboxylic acids is 2. The molecule has 1 atom stereocenters. The fourth-order valence-corrected chi connectivity index (χ4v) is 2.74. The molecule has 2 aromatic carbocycles. The largest absolute Gasteiger partial charge is 0.368 e. The van der Waals surface area contributed by atoms with Gasteiger partial charge in [-0.1, -0.05) is 80.4 Å². The Morgan fingerprint density at radius 2 is 1.46 bits per heavy atom. The monoisotopic (exact) mass is 324 g/mol. The summed E-state index contributed by atoms with van der Waals surface area (Å²) in [7, 11) is 0. The van der Waals surface area contributed by atoms with Gasteiger partial charge in [0, 0.05) is 0 Å². The van der Waals surface area contributed by atoms with Crippen LogP contribution >= 0.6 is 0 Å². The Labute approximate surface area is 143 Å². The first-order valence-electron chi connectivity index (χ1n) is 8.33. The summed E-state index contributed by atoms with van der Waals surface area (Å²) >= 11 is 0. The maximum absolute atomic E-state index is 12.9. The number of hydrogen-bond acceptors (Lipinski definition) is 2. The fraction of sp³-hybridized carbons (Fsp3) is 0.300. The number of primary amides is 1. The number of benzene rings is 2. The Hall–Kier alpha value is -2.62. The maximum Gasteiger partial charge on any atom is 0.240 e. The molecule has 4 nitrogen and oxygen atoms in total. The van der Waals surface area contributed by atoms with Gasteiger partial charge in [-0.2, -0.15) is 0 Å². The van der Waals surface area contributed by atoms with Crippen molar-refractivity contribution in [3.05, 3.63) is 71.8 Å². The van der Waals surface area contributed by atoms with Gasteiger partial charge in [0.05, 0.1) is 5.92 Å². The van der Waals surface area contributed by atoms with Gasteiger partial charge >= 0.3 is 0 Å². The molecule has 0 aliphatic carbocycles. The molecule has 126 valence electrons. The van der Waals surface area contributed by atoms with Crippen LogP contribution < -0.4 is 11.1 Å². The van der Waals surface area contributed by atoms with Crippen molar-refractivity contribution in [3.8, 4) is 0 Å². The van der Waals surface area contributed by atoms with Gasteiger partial charge < -0.3 is 11.1 Å². The Balaban J connectivity index is 2.26. The second-order valence-electron chi connectivity index (χ2n) is 5.86. The van der Waals surface area contributed by atoms with Crippen molar-refractivity contribution in [2.24, 2.45) is 5.73 Å². The lowest BCUT2D eigenvalue weighted by Crippen LogP contribution is -2.46. The smallest absolute Gasteiger partial charge is 0.240 e. The molecule has 2 aromatic rings. The number of unbranched alkanes of at least 4 members (excludes halogenated alkanes) is 1. The van der Waals surface area contributed by atoms with Crippen LogP contribution in [0.3, 0.4) is 0 Å². The van der Waals surface area contributed by atoms with Crippen LogP contribution in [0.2, 0.25) is 0 Å². The highest BCUT2D eigenvalue weighted by Crippen LogP contribution is 2.25. The second kappa shape index (κ2) is 8.87. The number of nitrogens with two attached hydrogens (primary N) is 1. The number of rotatable bonds is 8. The van der Waals surface area contributed by atoms with E-state index in [1.165, 1.54) is 0 Å². The van der Waals surface area contributed by atoms with Crippen LogP contribution in [-0.2, 0) is 9.59 Å². The molecule has 0 fully saturated rings. The lowest BCUT2D eigenvalue weighted by atomic mass is 9.90. The Morgan fingerprint density at radius 3 is 1.88 bits per heavy atom. The summed E-state index contributed by atoms with van der Waals surface area (Å²) in [5.74, 6) is -1.15. The summed E-state index contributed by atoms with van der Waals surface area (Å²) in [5.41, 5.74) is 7.23. The van der Waals surface area contributed by atoms with E-state index in [2.05, 4.69) is 5.32 Å². The molecule has 0 bridgehead atoms. The van der Waals surface area contributed by atoms with Crippen LogP contribution in [0, 0.1) is 0 Å². The standard InChI is InChI=1S/C20H24N2O2/c1-2-3-14-17(19(21)23)22-20(24)18(15-10-6-4-7-11-15)16-12-8-5-9-13-16/h4-13,17-18H,2-3,14H2,1H3,(H2,21,23)(H,22,24)/t17-/m1/s1. The summed E-state index contributed by atoms with van der Waals surface area (Å²) in [6.07, 6.45) is 2.35. The predicted octanol–water partition coefficient (Wildman–Crippen LogP) is 2.98. The highest BCUT2D eigenvalue weighted by Gasteiger charge is 2.26. The average Bonchev–Trinajstić information content (AvgIpc) is 2.60. The van der Waals surface area contributed by atoms with Crippen LogP contribution in [0.15, 0.2) is 60.7 Å². The third kappa shape index (κ3) is 4.69. The summed E-state index contributed by atoms with van der Waals surface area (Å²) in [6.45, 7) is 2.04. The van der Waals surface area contributed by atoms with Gasteiger partial charge in [-0.15, -0.1) is 0 Å². The first kappa shape index (κ1) is 17.7. The minimum absolute atomic E-state index is 0.202. The fourth-order valence-electron chi connectivity index (χ4n) is 2.74. The summed E-state index contributed by atoms with van der Waals surface area (Å²) in [5, 5.41) is 2.83. The number of amides is 2. The van der Waals surface area contributed by atoms with E-state index in [4.69, 9.17) is 5.73 Å². The van der Waals surface area contributed by atoms with Gasteiger partial charge in [0.1, 0.15) is 6.04 Å². The number of nitrogens with one attached hydrogen (secondary N) is 1. The molecule has 0 spiro atoms. The molecular weight excluding hydrogens is 300 g/mol. The molecule has 0 aliphatic heterocycles. The van der Waals surface area contributed by atoms with Crippen molar-refractivity contribution < 1.29 is 9.59 Å². The van der Waals surface area contributed by atoms with Crippen molar-refractivity contribution in [3.63, 3.8) is 0 Å². The van der Waals surface area contributed by atoms with Crippen LogP contribution in [0.25, 0.3) is 0 Å². The van der Waals surface area contributed by atoms with Crippen LogP contribution in [0.1, 0.15) is 43.2 Å². The van der Waals surface area contributed by atoms with E-state index < -0.39 is 17.9 Å². The Bertz CT molecular complexity index is 616. The van der Waals surface area contributed by atoms with Gasteiger partial charge in [0.15, 0.2) is 0 Å². The lowest BCUT2D eigenvalue weighted by molar-refractivity contribution is -0.127. The summed E-state index contributed by atoms with van der Waals surface area (Å²) in [4.78, 5) is 24.5. The zero-order valence-corrected chi connectivity index (χ0v) is 13.9. The van der Waals surface area contributed by atoms with E-state index in [9.17, 15) is 9.59 Å². The maximum atomic E-state index is 12.9.